The minimum Gasteiger partial charge on any atom is -0.496 e. The molecule has 1 N–H and O–H groups in total. The van der Waals surface area contributed by atoms with Crippen LogP contribution < -0.4 is 10.1 Å². The molecule has 24 heavy (non-hydrogen) atoms. The van der Waals surface area contributed by atoms with E-state index in [4.69, 9.17) is 4.74 Å². The molecule has 1 aliphatic rings. The lowest BCUT2D eigenvalue weighted by molar-refractivity contribution is 0.284. The molecule has 1 saturated carbocycles. The molecule has 128 valence electrons. The number of hydrogen-bond acceptors (Lipinski definition) is 3. The monoisotopic (exact) mass is 324 g/mol. The number of methoxy groups -OCH3 is 1. The number of nitrogens with zero attached hydrogens (tertiary/aromatic N) is 1. The Kier molecular flexibility index (Phi) is 5.86. The van der Waals surface area contributed by atoms with Crippen molar-refractivity contribution in [3.63, 3.8) is 0 Å². The molecular weight excluding hydrogens is 296 g/mol. The van der Waals surface area contributed by atoms with Crippen molar-refractivity contribution in [3.05, 3.63) is 48.3 Å². The molecule has 0 saturated heterocycles. The van der Waals surface area contributed by atoms with Crippen LogP contribution in [0.2, 0.25) is 0 Å². The molecule has 3 rings (SSSR count). The third kappa shape index (κ3) is 4.15. The number of hydrogen-bond donors (Lipinski definition) is 1. The summed E-state index contributed by atoms with van der Waals surface area (Å²) in [6, 6.07) is 11.2. The number of benzene rings is 1. The van der Waals surface area contributed by atoms with Crippen LogP contribution in [0.1, 0.15) is 44.6 Å². The van der Waals surface area contributed by atoms with Gasteiger partial charge in [-0.15, -0.1) is 0 Å². The molecule has 0 radical (unpaired) electrons. The van der Waals surface area contributed by atoms with E-state index in [2.05, 4.69) is 35.4 Å². The normalized spacial score (nSPS) is 20.8. The first-order chi connectivity index (χ1) is 11.8. The summed E-state index contributed by atoms with van der Waals surface area (Å²) in [5, 5.41) is 3.74. The second kappa shape index (κ2) is 8.29. The Balaban J connectivity index is 1.68. The van der Waals surface area contributed by atoms with Gasteiger partial charge in [0, 0.05) is 30.5 Å². The highest BCUT2D eigenvalue weighted by atomic mass is 16.5. The Morgan fingerprint density at radius 3 is 2.46 bits per heavy atom. The zero-order chi connectivity index (χ0) is 16.8. The van der Waals surface area contributed by atoms with Crippen LogP contribution in [0.5, 0.6) is 5.75 Å². The lowest BCUT2D eigenvalue weighted by Gasteiger charge is -2.28. The SMILES string of the molecule is CC[C@H]1CC[C@H](NCc2cc(-c3ccncc3)ccc2OC)CC1. The van der Waals surface area contributed by atoms with E-state index < -0.39 is 0 Å². The minimum absolute atomic E-state index is 0.641. The highest BCUT2D eigenvalue weighted by molar-refractivity contribution is 5.65. The van der Waals surface area contributed by atoms with Crippen LogP contribution >= 0.6 is 0 Å². The van der Waals surface area contributed by atoms with Gasteiger partial charge in [0.05, 0.1) is 7.11 Å². The second-order valence-corrected chi connectivity index (χ2v) is 6.77. The average Bonchev–Trinajstić information content (AvgIpc) is 2.67. The van der Waals surface area contributed by atoms with Crippen molar-refractivity contribution in [3.8, 4) is 16.9 Å². The van der Waals surface area contributed by atoms with Crippen molar-refractivity contribution in [2.24, 2.45) is 5.92 Å². The van der Waals surface area contributed by atoms with E-state index in [1.54, 1.807) is 7.11 Å². The summed E-state index contributed by atoms with van der Waals surface area (Å²) >= 11 is 0. The predicted molar refractivity (Wildman–Crippen MR) is 99.1 cm³/mol. The van der Waals surface area contributed by atoms with Crippen LogP contribution in [-0.4, -0.2) is 18.1 Å². The number of pyridine rings is 1. The van der Waals surface area contributed by atoms with E-state index in [-0.39, 0.29) is 0 Å². The number of ether oxygens (including phenoxy) is 1. The fraction of sp³-hybridized carbons (Fsp3) is 0.476. The fourth-order valence-corrected chi connectivity index (χ4v) is 3.67. The third-order valence-electron chi connectivity index (χ3n) is 5.30. The molecule has 3 nitrogen and oxygen atoms in total. The standard InChI is InChI=1S/C21H28N2O/c1-3-16-4-7-20(8-5-16)23-15-19-14-18(6-9-21(19)24-2)17-10-12-22-13-11-17/h6,9-14,16,20,23H,3-5,7-8,15H2,1-2H3/t16-,20-. The molecule has 1 fully saturated rings. The quantitative estimate of drug-likeness (QED) is 0.827. The van der Waals surface area contributed by atoms with E-state index in [9.17, 15) is 0 Å². The first-order valence-electron chi connectivity index (χ1n) is 9.10. The maximum absolute atomic E-state index is 5.56. The van der Waals surface area contributed by atoms with Crippen LogP contribution in [0.3, 0.4) is 0 Å². The predicted octanol–water partition coefficient (Wildman–Crippen LogP) is 4.82. The molecule has 0 unspecified atom stereocenters. The summed E-state index contributed by atoms with van der Waals surface area (Å²) in [7, 11) is 1.75. The van der Waals surface area contributed by atoms with Gasteiger partial charge in [0.15, 0.2) is 0 Å². The summed E-state index contributed by atoms with van der Waals surface area (Å²) in [5.74, 6) is 1.90. The van der Waals surface area contributed by atoms with E-state index in [0.717, 1.165) is 18.2 Å². The molecule has 0 bridgehead atoms. The molecule has 1 heterocycles. The van der Waals surface area contributed by atoms with Crippen molar-refractivity contribution in [1.82, 2.24) is 10.3 Å². The molecule has 1 aromatic heterocycles. The van der Waals surface area contributed by atoms with Gasteiger partial charge in [-0.2, -0.15) is 0 Å². The maximum atomic E-state index is 5.56. The maximum Gasteiger partial charge on any atom is 0.123 e. The molecule has 3 heteroatoms. The van der Waals surface area contributed by atoms with Crippen LogP contribution in [0.15, 0.2) is 42.7 Å². The molecule has 0 aliphatic heterocycles. The van der Waals surface area contributed by atoms with E-state index >= 15 is 0 Å². The summed E-state index contributed by atoms with van der Waals surface area (Å²) < 4.78 is 5.56. The van der Waals surface area contributed by atoms with E-state index in [1.807, 2.05) is 24.5 Å². The molecule has 0 spiro atoms. The van der Waals surface area contributed by atoms with Crippen molar-refractivity contribution < 1.29 is 4.74 Å². The molecule has 1 aromatic carbocycles. The van der Waals surface area contributed by atoms with Gasteiger partial charge in [0.1, 0.15) is 5.75 Å². The van der Waals surface area contributed by atoms with Crippen molar-refractivity contribution in [1.29, 1.82) is 0 Å². The van der Waals surface area contributed by atoms with Crippen LogP contribution in [0.25, 0.3) is 11.1 Å². The Bertz CT molecular complexity index is 634. The fourth-order valence-electron chi connectivity index (χ4n) is 3.67. The van der Waals surface area contributed by atoms with Crippen molar-refractivity contribution in [2.75, 3.05) is 7.11 Å². The Labute approximate surface area is 145 Å². The molecular formula is C21H28N2O. The zero-order valence-electron chi connectivity index (χ0n) is 14.8. The van der Waals surface area contributed by atoms with Crippen LogP contribution in [0, 0.1) is 5.92 Å². The van der Waals surface area contributed by atoms with E-state index in [0.29, 0.717) is 6.04 Å². The first-order valence-corrected chi connectivity index (χ1v) is 9.10. The average molecular weight is 324 g/mol. The Morgan fingerprint density at radius 2 is 1.79 bits per heavy atom. The Morgan fingerprint density at radius 1 is 1.04 bits per heavy atom. The van der Waals surface area contributed by atoms with Gasteiger partial charge in [-0.3, -0.25) is 4.98 Å². The summed E-state index contributed by atoms with van der Waals surface area (Å²) in [4.78, 5) is 4.10. The van der Waals surface area contributed by atoms with Gasteiger partial charge >= 0.3 is 0 Å². The van der Waals surface area contributed by atoms with Gasteiger partial charge in [0.25, 0.3) is 0 Å². The lowest BCUT2D eigenvalue weighted by atomic mass is 9.84. The summed E-state index contributed by atoms with van der Waals surface area (Å²) in [6.45, 7) is 3.18. The second-order valence-electron chi connectivity index (χ2n) is 6.77. The number of rotatable bonds is 6. The zero-order valence-corrected chi connectivity index (χ0v) is 14.8. The summed E-state index contributed by atoms with van der Waals surface area (Å²) in [6.07, 6.45) is 10.3. The molecule has 0 amide bonds. The van der Waals surface area contributed by atoms with Gasteiger partial charge in [-0.05, 0) is 67.0 Å². The lowest BCUT2D eigenvalue weighted by Crippen LogP contribution is -2.32. The van der Waals surface area contributed by atoms with Gasteiger partial charge in [-0.25, -0.2) is 0 Å². The minimum atomic E-state index is 0.641. The van der Waals surface area contributed by atoms with Crippen LogP contribution in [0.4, 0.5) is 0 Å². The van der Waals surface area contributed by atoms with Crippen molar-refractivity contribution >= 4 is 0 Å². The van der Waals surface area contributed by atoms with Crippen molar-refractivity contribution in [2.45, 2.75) is 51.6 Å². The van der Waals surface area contributed by atoms with Crippen LogP contribution in [-0.2, 0) is 6.54 Å². The molecule has 0 atom stereocenters. The van der Waals surface area contributed by atoms with Gasteiger partial charge < -0.3 is 10.1 Å². The highest BCUT2D eigenvalue weighted by Crippen LogP contribution is 2.29. The number of aromatic nitrogens is 1. The van der Waals surface area contributed by atoms with E-state index in [1.165, 1.54) is 48.8 Å². The van der Waals surface area contributed by atoms with Gasteiger partial charge in [-0.1, -0.05) is 19.4 Å². The van der Waals surface area contributed by atoms with Gasteiger partial charge in [0.2, 0.25) is 0 Å². The summed E-state index contributed by atoms with van der Waals surface area (Å²) in [5.41, 5.74) is 3.63. The molecule has 2 aromatic rings. The third-order valence-corrected chi connectivity index (χ3v) is 5.30. The Hall–Kier alpha value is -1.87. The molecule has 1 aliphatic carbocycles. The largest absolute Gasteiger partial charge is 0.496 e. The number of nitrogens with one attached hydrogen (secondary N) is 1. The topological polar surface area (TPSA) is 34.2 Å². The first kappa shape index (κ1) is 17.0. The highest BCUT2D eigenvalue weighted by Gasteiger charge is 2.19. The smallest absolute Gasteiger partial charge is 0.123 e.